The lowest BCUT2D eigenvalue weighted by Crippen LogP contribution is -2.38. The molecule has 3 rings (SSSR count). The first kappa shape index (κ1) is 31.4. The van der Waals surface area contributed by atoms with Gasteiger partial charge in [-0.15, -0.1) is 0 Å². The number of carbonyl (C=O) groups excluding carboxylic acids is 1. The number of benzene rings is 2. The molecule has 1 saturated heterocycles. The zero-order chi connectivity index (χ0) is 29.0. The Bertz CT molecular complexity index is 1280. The number of esters is 1. The molecule has 39 heavy (non-hydrogen) atoms. The van der Waals surface area contributed by atoms with Crippen LogP contribution in [0.5, 0.6) is 0 Å². The van der Waals surface area contributed by atoms with Crippen LogP contribution in [-0.4, -0.2) is 56.0 Å². The van der Waals surface area contributed by atoms with E-state index in [0.717, 1.165) is 48.9 Å². The Morgan fingerprint density at radius 1 is 1.08 bits per heavy atom. The Hall–Kier alpha value is -2.09. The highest BCUT2D eigenvalue weighted by Gasteiger charge is 2.36. The Morgan fingerprint density at radius 2 is 1.74 bits per heavy atom. The number of alkyl halides is 3. The molecule has 0 aromatic heterocycles. The van der Waals surface area contributed by atoms with Crippen molar-refractivity contribution in [2.75, 3.05) is 42.7 Å². The van der Waals surface area contributed by atoms with Crippen molar-refractivity contribution in [3.63, 3.8) is 0 Å². The summed E-state index contributed by atoms with van der Waals surface area (Å²) in [6.07, 6.45) is -2.05. The summed E-state index contributed by atoms with van der Waals surface area (Å²) in [6, 6.07) is 7.88. The van der Waals surface area contributed by atoms with E-state index < -0.39 is 47.4 Å². The Kier molecular flexibility index (Phi) is 10.2. The molecule has 0 bridgehead atoms. The summed E-state index contributed by atoms with van der Waals surface area (Å²) >= 11 is 3.25. The first-order valence-electron chi connectivity index (χ1n) is 12.6. The third kappa shape index (κ3) is 7.98. The number of anilines is 2. The lowest BCUT2D eigenvalue weighted by atomic mass is 10.1. The minimum atomic E-state index is -4.70. The van der Waals surface area contributed by atoms with Crippen LogP contribution in [0.15, 0.2) is 45.8 Å². The van der Waals surface area contributed by atoms with Crippen molar-refractivity contribution in [3.8, 4) is 0 Å². The Morgan fingerprint density at radius 3 is 2.33 bits per heavy atom. The standard InChI is InChI=1S/C26H34BrF3N2O5SSi/c1-36-25(33)21-10-9-20(27)17-24(21)38(34,35)32(18-37-14-15-39(2,3)4)23-16-19(26(28,29)30)8-11-22(23)31-12-6-5-7-13-31/h8-11,16-17H,5-7,12-15,18H2,1-4H3. The summed E-state index contributed by atoms with van der Waals surface area (Å²) in [5, 5.41) is 0. The van der Waals surface area contributed by atoms with Gasteiger partial charge >= 0.3 is 12.1 Å². The molecular formula is C26H34BrF3N2O5SSi. The van der Waals surface area contributed by atoms with E-state index in [1.165, 1.54) is 24.3 Å². The van der Waals surface area contributed by atoms with Crippen LogP contribution in [0.2, 0.25) is 25.7 Å². The fourth-order valence-corrected chi connectivity index (χ4v) is 7.03. The number of rotatable bonds is 10. The summed E-state index contributed by atoms with van der Waals surface area (Å²) in [6.45, 7) is 7.27. The van der Waals surface area contributed by atoms with Gasteiger partial charge in [-0.3, -0.25) is 0 Å². The highest BCUT2D eigenvalue weighted by molar-refractivity contribution is 9.10. The molecule has 0 saturated carbocycles. The van der Waals surface area contributed by atoms with Gasteiger partial charge in [0.1, 0.15) is 11.6 Å². The van der Waals surface area contributed by atoms with Crippen molar-refractivity contribution in [1.82, 2.24) is 0 Å². The normalized spacial score (nSPS) is 14.8. The van der Waals surface area contributed by atoms with E-state index in [9.17, 15) is 26.4 Å². The lowest BCUT2D eigenvalue weighted by Gasteiger charge is -2.34. The molecule has 0 radical (unpaired) electrons. The van der Waals surface area contributed by atoms with Crippen molar-refractivity contribution < 1.29 is 35.9 Å². The fourth-order valence-electron chi connectivity index (χ4n) is 4.20. The maximum atomic E-state index is 14.2. The average Bonchev–Trinajstić information content (AvgIpc) is 2.87. The van der Waals surface area contributed by atoms with Crippen molar-refractivity contribution in [3.05, 3.63) is 52.0 Å². The van der Waals surface area contributed by atoms with Crippen molar-refractivity contribution >= 4 is 51.4 Å². The molecule has 2 aromatic rings. The number of sulfonamides is 1. The molecule has 0 atom stereocenters. The molecule has 1 heterocycles. The van der Waals surface area contributed by atoms with E-state index in [1.54, 1.807) is 0 Å². The summed E-state index contributed by atoms with van der Waals surface area (Å²) in [5.74, 6) is -0.888. The van der Waals surface area contributed by atoms with Gasteiger partial charge in [0.15, 0.2) is 0 Å². The van der Waals surface area contributed by atoms with Gasteiger partial charge in [0.2, 0.25) is 0 Å². The minimum absolute atomic E-state index is 0.157. The SMILES string of the molecule is COC(=O)c1ccc(Br)cc1S(=O)(=O)N(COCC[Si](C)(C)C)c1cc(C(F)(F)F)ccc1N1CCCCC1. The molecule has 0 spiro atoms. The molecule has 2 aromatic carbocycles. The van der Waals surface area contributed by atoms with Gasteiger partial charge < -0.3 is 14.4 Å². The van der Waals surface area contributed by atoms with E-state index in [0.29, 0.717) is 23.2 Å². The molecule has 0 amide bonds. The van der Waals surface area contributed by atoms with Gasteiger partial charge in [0, 0.05) is 32.2 Å². The molecule has 0 aliphatic carbocycles. The molecule has 1 aliphatic rings. The predicted octanol–water partition coefficient (Wildman–Crippen LogP) is 6.75. The molecule has 7 nitrogen and oxygen atoms in total. The zero-order valence-corrected chi connectivity index (χ0v) is 25.9. The monoisotopic (exact) mass is 650 g/mol. The second-order valence-corrected chi connectivity index (χ2v) is 19.0. The van der Waals surface area contributed by atoms with Gasteiger partial charge in [-0.25, -0.2) is 17.5 Å². The van der Waals surface area contributed by atoms with E-state index in [2.05, 4.69) is 35.6 Å². The third-order valence-corrected chi connectivity index (χ3v) is 10.4. The molecule has 13 heteroatoms. The summed E-state index contributed by atoms with van der Waals surface area (Å²) in [4.78, 5) is 14.0. The highest BCUT2D eigenvalue weighted by Crippen LogP contribution is 2.40. The topological polar surface area (TPSA) is 76.2 Å². The van der Waals surface area contributed by atoms with Crippen molar-refractivity contribution in [2.24, 2.45) is 0 Å². The van der Waals surface area contributed by atoms with Crippen LogP contribution < -0.4 is 9.21 Å². The average molecular weight is 652 g/mol. The first-order chi connectivity index (χ1) is 18.1. The third-order valence-electron chi connectivity index (χ3n) is 6.39. The second kappa shape index (κ2) is 12.6. The van der Waals surface area contributed by atoms with Gasteiger partial charge in [-0.05, 0) is 61.7 Å². The largest absolute Gasteiger partial charge is 0.465 e. The smallest absolute Gasteiger partial charge is 0.416 e. The van der Waals surface area contributed by atoms with Gasteiger partial charge in [-0.2, -0.15) is 13.2 Å². The Balaban J connectivity index is 2.22. The van der Waals surface area contributed by atoms with E-state index in [1.807, 2.05) is 4.90 Å². The van der Waals surface area contributed by atoms with Crippen molar-refractivity contribution in [1.29, 1.82) is 0 Å². The quantitative estimate of drug-likeness (QED) is 0.123. The number of hydrogen-bond donors (Lipinski definition) is 0. The molecule has 1 aliphatic heterocycles. The number of halogens is 4. The van der Waals surface area contributed by atoms with Gasteiger partial charge in [0.25, 0.3) is 10.0 Å². The molecular weight excluding hydrogens is 617 g/mol. The van der Waals surface area contributed by atoms with Crippen LogP contribution in [0, 0.1) is 0 Å². The van der Waals surface area contributed by atoms with Crippen LogP contribution in [0.1, 0.15) is 35.2 Å². The van der Waals surface area contributed by atoms with Crippen molar-refractivity contribution in [2.45, 2.75) is 56.0 Å². The van der Waals surface area contributed by atoms with Gasteiger partial charge in [-0.1, -0.05) is 35.6 Å². The maximum absolute atomic E-state index is 14.2. The van der Waals surface area contributed by atoms with Crippen LogP contribution in [0.4, 0.5) is 24.5 Å². The van der Waals surface area contributed by atoms with Gasteiger partial charge in [0.05, 0.1) is 29.6 Å². The maximum Gasteiger partial charge on any atom is 0.416 e. The summed E-state index contributed by atoms with van der Waals surface area (Å²) in [5.41, 5.74) is -1.02. The summed E-state index contributed by atoms with van der Waals surface area (Å²) in [7, 11) is -5.03. The number of carbonyl (C=O) groups is 1. The van der Waals surface area contributed by atoms with E-state index in [-0.39, 0.29) is 17.9 Å². The number of ether oxygens (including phenoxy) is 2. The van der Waals surface area contributed by atoms with Crippen LogP contribution >= 0.6 is 15.9 Å². The molecule has 1 fully saturated rings. The zero-order valence-electron chi connectivity index (χ0n) is 22.5. The molecule has 0 N–H and O–H groups in total. The Labute approximate surface area is 237 Å². The number of methoxy groups -OCH3 is 1. The first-order valence-corrected chi connectivity index (χ1v) is 18.5. The summed E-state index contributed by atoms with van der Waals surface area (Å²) < 4.78 is 81.9. The minimum Gasteiger partial charge on any atom is -0.465 e. The lowest BCUT2D eigenvalue weighted by molar-refractivity contribution is -0.137. The number of hydrogen-bond acceptors (Lipinski definition) is 6. The second-order valence-electron chi connectivity index (χ2n) is 10.6. The predicted molar refractivity (Wildman–Crippen MR) is 152 cm³/mol. The van der Waals surface area contributed by atoms with E-state index in [4.69, 9.17) is 9.47 Å². The number of nitrogens with zero attached hydrogens (tertiary/aromatic N) is 2. The fraction of sp³-hybridized carbons (Fsp3) is 0.500. The van der Waals surface area contributed by atoms with E-state index >= 15 is 0 Å². The van der Waals surface area contributed by atoms with Crippen LogP contribution in [-0.2, 0) is 25.7 Å². The number of piperidine rings is 1. The molecule has 0 unspecified atom stereocenters. The van der Waals surface area contributed by atoms with Crippen LogP contribution in [0.25, 0.3) is 0 Å². The molecule has 216 valence electrons. The highest BCUT2D eigenvalue weighted by atomic mass is 79.9. The van der Waals surface area contributed by atoms with Crippen LogP contribution in [0.3, 0.4) is 0 Å².